The molecule has 0 aliphatic rings. The third-order valence-corrected chi connectivity index (χ3v) is 5.03. The first kappa shape index (κ1) is 15.7. The fourth-order valence-electron chi connectivity index (χ4n) is 2.90. The van der Waals surface area contributed by atoms with Gasteiger partial charge in [-0.15, -0.1) is 11.3 Å². The standard InChI is InChI=1S/C20H16N2O2S/c23-17(14-7-2-1-3-8-14)13-22-20(24)16-10-5-4-9-15(16)19(21-22)18-11-6-12-25-18/h1-12,17,23H,13H2/t17-/m1/s1. The molecular formula is C20H16N2O2S. The lowest BCUT2D eigenvalue weighted by Gasteiger charge is -2.14. The average Bonchev–Trinajstić information content (AvgIpc) is 3.19. The molecule has 25 heavy (non-hydrogen) atoms. The van der Waals surface area contributed by atoms with Crippen LogP contribution in [0.4, 0.5) is 0 Å². The molecule has 0 radical (unpaired) electrons. The van der Waals surface area contributed by atoms with E-state index in [2.05, 4.69) is 5.10 Å². The van der Waals surface area contributed by atoms with Crippen molar-refractivity contribution in [1.82, 2.24) is 9.78 Å². The summed E-state index contributed by atoms with van der Waals surface area (Å²) in [6.07, 6.45) is -0.788. The summed E-state index contributed by atoms with van der Waals surface area (Å²) in [5.74, 6) is 0. The van der Waals surface area contributed by atoms with Crippen molar-refractivity contribution in [1.29, 1.82) is 0 Å². The van der Waals surface area contributed by atoms with Crippen LogP contribution in [0.1, 0.15) is 11.7 Å². The van der Waals surface area contributed by atoms with Gasteiger partial charge in [-0.05, 0) is 23.1 Å². The van der Waals surface area contributed by atoms with Crippen molar-refractivity contribution in [2.45, 2.75) is 12.6 Å². The van der Waals surface area contributed by atoms with Gasteiger partial charge in [-0.3, -0.25) is 4.79 Å². The van der Waals surface area contributed by atoms with Gasteiger partial charge in [0.2, 0.25) is 0 Å². The van der Waals surface area contributed by atoms with E-state index in [4.69, 9.17) is 0 Å². The van der Waals surface area contributed by atoms with Gasteiger partial charge in [-0.25, -0.2) is 4.68 Å². The highest BCUT2D eigenvalue weighted by atomic mass is 32.1. The van der Waals surface area contributed by atoms with Crippen molar-refractivity contribution < 1.29 is 5.11 Å². The third-order valence-electron chi connectivity index (χ3n) is 4.15. The van der Waals surface area contributed by atoms with Crippen LogP contribution in [0.15, 0.2) is 76.9 Å². The zero-order valence-electron chi connectivity index (χ0n) is 13.4. The minimum absolute atomic E-state index is 0.117. The second-order valence-corrected chi connectivity index (χ2v) is 6.73. The summed E-state index contributed by atoms with van der Waals surface area (Å²) in [6, 6.07) is 20.7. The highest BCUT2D eigenvalue weighted by Crippen LogP contribution is 2.28. The van der Waals surface area contributed by atoms with E-state index in [1.807, 2.05) is 72.1 Å². The molecule has 0 spiro atoms. The highest BCUT2D eigenvalue weighted by molar-refractivity contribution is 7.13. The maximum Gasteiger partial charge on any atom is 0.274 e. The Hall–Kier alpha value is -2.76. The molecule has 0 amide bonds. The van der Waals surface area contributed by atoms with E-state index in [0.29, 0.717) is 5.39 Å². The molecule has 2 aromatic carbocycles. The van der Waals surface area contributed by atoms with Gasteiger partial charge >= 0.3 is 0 Å². The second-order valence-electron chi connectivity index (χ2n) is 5.79. The smallest absolute Gasteiger partial charge is 0.274 e. The lowest BCUT2D eigenvalue weighted by Crippen LogP contribution is -2.26. The molecule has 1 atom stereocenters. The zero-order chi connectivity index (χ0) is 17.2. The molecule has 0 saturated carbocycles. The summed E-state index contributed by atoms with van der Waals surface area (Å²) >= 11 is 1.58. The van der Waals surface area contributed by atoms with E-state index in [1.54, 1.807) is 11.3 Å². The van der Waals surface area contributed by atoms with Gasteiger partial charge in [0.15, 0.2) is 0 Å². The van der Waals surface area contributed by atoms with Gasteiger partial charge in [-0.1, -0.05) is 54.6 Å². The SMILES string of the molecule is O=c1c2ccccc2c(-c2cccs2)nn1C[C@@H](O)c1ccccc1. The summed E-state index contributed by atoms with van der Waals surface area (Å²) in [5, 5.41) is 18.5. The zero-order valence-corrected chi connectivity index (χ0v) is 14.2. The van der Waals surface area contributed by atoms with E-state index in [1.165, 1.54) is 4.68 Å². The summed E-state index contributed by atoms with van der Waals surface area (Å²) < 4.78 is 1.37. The van der Waals surface area contributed by atoms with E-state index >= 15 is 0 Å². The predicted octanol–water partition coefficient (Wildman–Crippen LogP) is 3.86. The van der Waals surface area contributed by atoms with Gasteiger partial charge < -0.3 is 5.11 Å². The Morgan fingerprint density at radius 1 is 0.960 bits per heavy atom. The van der Waals surface area contributed by atoms with Crippen LogP contribution in [0.3, 0.4) is 0 Å². The van der Waals surface area contributed by atoms with Crippen LogP contribution in [0, 0.1) is 0 Å². The number of rotatable bonds is 4. The second kappa shape index (κ2) is 6.63. The number of nitrogens with zero attached hydrogens (tertiary/aromatic N) is 2. The molecule has 0 fully saturated rings. The number of hydrogen-bond donors (Lipinski definition) is 1. The Morgan fingerprint density at radius 3 is 2.40 bits per heavy atom. The molecule has 0 aliphatic carbocycles. The van der Waals surface area contributed by atoms with Gasteiger partial charge in [-0.2, -0.15) is 5.10 Å². The van der Waals surface area contributed by atoms with Crippen molar-refractivity contribution >= 4 is 22.1 Å². The number of aliphatic hydroxyl groups is 1. The molecule has 2 heterocycles. The summed E-state index contributed by atoms with van der Waals surface area (Å²) in [6.45, 7) is 0.117. The van der Waals surface area contributed by atoms with Crippen molar-refractivity contribution in [3.05, 3.63) is 88.0 Å². The first-order valence-electron chi connectivity index (χ1n) is 8.01. The molecule has 5 heteroatoms. The lowest BCUT2D eigenvalue weighted by molar-refractivity contribution is 0.150. The van der Waals surface area contributed by atoms with Gasteiger partial charge in [0.25, 0.3) is 5.56 Å². The number of aliphatic hydroxyl groups excluding tert-OH is 1. The lowest BCUT2D eigenvalue weighted by atomic mass is 10.1. The molecule has 2 aromatic heterocycles. The van der Waals surface area contributed by atoms with Gasteiger partial charge in [0.05, 0.1) is 22.9 Å². The van der Waals surface area contributed by atoms with Crippen molar-refractivity contribution in [2.24, 2.45) is 0 Å². The molecule has 4 aromatic rings. The normalized spacial score (nSPS) is 12.4. The fraction of sp³-hybridized carbons (Fsp3) is 0.100. The monoisotopic (exact) mass is 348 g/mol. The summed E-state index contributed by atoms with van der Waals surface area (Å²) in [5.41, 5.74) is 1.35. The van der Waals surface area contributed by atoms with Gasteiger partial charge in [0, 0.05) is 5.39 Å². The molecule has 4 nitrogen and oxygen atoms in total. The van der Waals surface area contributed by atoms with Crippen molar-refractivity contribution in [3.8, 4) is 10.6 Å². The molecule has 0 bridgehead atoms. The van der Waals surface area contributed by atoms with Crippen LogP contribution in [0.2, 0.25) is 0 Å². The Balaban J connectivity index is 1.84. The Morgan fingerprint density at radius 2 is 1.68 bits per heavy atom. The van der Waals surface area contributed by atoms with E-state index in [-0.39, 0.29) is 12.1 Å². The number of thiophene rings is 1. The van der Waals surface area contributed by atoms with Crippen molar-refractivity contribution in [3.63, 3.8) is 0 Å². The molecule has 0 aliphatic heterocycles. The van der Waals surface area contributed by atoms with Gasteiger partial charge in [0.1, 0.15) is 5.69 Å². The largest absolute Gasteiger partial charge is 0.386 e. The topological polar surface area (TPSA) is 55.1 Å². The van der Waals surface area contributed by atoms with Crippen LogP contribution in [0.5, 0.6) is 0 Å². The Kier molecular flexibility index (Phi) is 4.17. The molecular weight excluding hydrogens is 332 g/mol. The van der Waals surface area contributed by atoms with Crippen LogP contribution in [0.25, 0.3) is 21.3 Å². The van der Waals surface area contributed by atoms with E-state index in [9.17, 15) is 9.90 Å². The van der Waals surface area contributed by atoms with Crippen LogP contribution >= 0.6 is 11.3 Å². The molecule has 0 saturated heterocycles. The minimum Gasteiger partial charge on any atom is -0.386 e. The molecule has 0 unspecified atom stereocenters. The highest BCUT2D eigenvalue weighted by Gasteiger charge is 2.15. The van der Waals surface area contributed by atoms with Crippen LogP contribution in [-0.4, -0.2) is 14.9 Å². The Labute approximate surface area is 148 Å². The first-order valence-corrected chi connectivity index (χ1v) is 8.89. The number of fused-ring (bicyclic) bond motifs is 1. The van der Waals surface area contributed by atoms with Crippen molar-refractivity contribution in [2.75, 3.05) is 0 Å². The summed E-state index contributed by atoms with van der Waals surface area (Å²) in [7, 11) is 0. The van der Waals surface area contributed by atoms with Crippen LogP contribution in [-0.2, 0) is 6.54 Å². The first-order chi connectivity index (χ1) is 12.2. The number of hydrogen-bond acceptors (Lipinski definition) is 4. The van der Waals surface area contributed by atoms with E-state index in [0.717, 1.165) is 21.5 Å². The predicted molar refractivity (Wildman–Crippen MR) is 101 cm³/mol. The molecule has 1 N–H and O–H groups in total. The quantitative estimate of drug-likeness (QED) is 0.609. The number of aromatic nitrogens is 2. The maximum atomic E-state index is 12.8. The Bertz CT molecular complexity index is 1060. The van der Waals surface area contributed by atoms with E-state index < -0.39 is 6.10 Å². The average molecular weight is 348 g/mol. The minimum atomic E-state index is -0.788. The van der Waals surface area contributed by atoms with Crippen LogP contribution < -0.4 is 5.56 Å². The maximum absolute atomic E-state index is 12.8. The fourth-order valence-corrected chi connectivity index (χ4v) is 3.62. The summed E-state index contributed by atoms with van der Waals surface area (Å²) in [4.78, 5) is 13.8. The third kappa shape index (κ3) is 2.99. The number of benzene rings is 2. The molecule has 4 rings (SSSR count). The molecule has 124 valence electrons.